The smallest absolute Gasteiger partial charge is 0.0936 e. The van der Waals surface area contributed by atoms with Crippen LogP contribution < -0.4 is 0 Å². The minimum atomic E-state index is 0.174. The molecule has 1 saturated heterocycles. The molecule has 0 saturated carbocycles. The summed E-state index contributed by atoms with van der Waals surface area (Å²) in [5, 5.41) is 4.56. The average Bonchev–Trinajstić information content (AvgIpc) is 2.87. The van der Waals surface area contributed by atoms with Crippen LogP contribution in [0.2, 0.25) is 0 Å². The van der Waals surface area contributed by atoms with E-state index in [1.807, 2.05) is 11.6 Å². The molecule has 5 heteroatoms. The predicted octanol–water partition coefficient (Wildman–Crippen LogP) is 2.34. The lowest BCUT2D eigenvalue weighted by molar-refractivity contribution is -0.0962. The number of rotatable bonds is 5. The molecule has 1 aliphatic rings. The quantitative estimate of drug-likeness (QED) is 0.849. The fourth-order valence-electron chi connectivity index (χ4n) is 3.04. The van der Waals surface area contributed by atoms with E-state index in [1.54, 1.807) is 0 Å². The minimum Gasteiger partial charge on any atom is -0.376 e. The van der Waals surface area contributed by atoms with E-state index in [4.69, 9.17) is 9.47 Å². The van der Waals surface area contributed by atoms with Crippen molar-refractivity contribution in [2.75, 3.05) is 33.4 Å². The van der Waals surface area contributed by atoms with Crippen LogP contribution in [0, 0.1) is 13.8 Å². The van der Waals surface area contributed by atoms with Gasteiger partial charge in [0.25, 0.3) is 0 Å². The molecular formula is C18H25N3O2. The van der Waals surface area contributed by atoms with Gasteiger partial charge in [0, 0.05) is 18.8 Å². The molecule has 124 valence electrons. The SMILES string of the molecule is Cc1cc(C)n(-c2cccc(CN(C)CC3COCCO3)c2)n1. The topological polar surface area (TPSA) is 39.5 Å². The van der Waals surface area contributed by atoms with Crippen LogP contribution >= 0.6 is 0 Å². The third-order valence-electron chi connectivity index (χ3n) is 4.02. The molecule has 23 heavy (non-hydrogen) atoms. The summed E-state index contributed by atoms with van der Waals surface area (Å²) in [5.74, 6) is 0. The fourth-order valence-corrected chi connectivity index (χ4v) is 3.04. The molecule has 2 aromatic rings. The second kappa shape index (κ2) is 7.25. The number of ether oxygens (including phenoxy) is 2. The van der Waals surface area contributed by atoms with Crippen molar-refractivity contribution in [1.82, 2.24) is 14.7 Å². The summed E-state index contributed by atoms with van der Waals surface area (Å²) in [6.07, 6.45) is 0.174. The highest BCUT2D eigenvalue weighted by Crippen LogP contribution is 2.15. The maximum Gasteiger partial charge on any atom is 0.0936 e. The monoisotopic (exact) mass is 315 g/mol. The van der Waals surface area contributed by atoms with Crippen LogP contribution in [0.15, 0.2) is 30.3 Å². The molecule has 1 fully saturated rings. The van der Waals surface area contributed by atoms with E-state index < -0.39 is 0 Å². The molecule has 1 aliphatic heterocycles. The van der Waals surface area contributed by atoms with Crippen molar-refractivity contribution >= 4 is 0 Å². The van der Waals surface area contributed by atoms with Crippen molar-refractivity contribution in [3.05, 3.63) is 47.3 Å². The summed E-state index contributed by atoms with van der Waals surface area (Å²) in [5.41, 5.74) is 4.58. The summed E-state index contributed by atoms with van der Waals surface area (Å²) in [6.45, 7) is 7.97. The lowest BCUT2D eigenvalue weighted by Gasteiger charge is -2.27. The Bertz CT molecular complexity index is 647. The normalized spacial score (nSPS) is 18.5. The van der Waals surface area contributed by atoms with E-state index in [0.29, 0.717) is 19.8 Å². The number of hydrogen-bond acceptors (Lipinski definition) is 4. The fraction of sp³-hybridized carbons (Fsp3) is 0.500. The lowest BCUT2D eigenvalue weighted by Crippen LogP contribution is -2.38. The van der Waals surface area contributed by atoms with E-state index in [-0.39, 0.29) is 6.10 Å². The molecule has 1 aromatic carbocycles. The standard InChI is InChI=1S/C18H25N3O2/c1-14-9-15(2)21(19-14)17-6-4-5-16(10-17)11-20(3)12-18-13-22-7-8-23-18/h4-6,9-10,18H,7-8,11-13H2,1-3H3. The molecule has 1 atom stereocenters. The van der Waals surface area contributed by atoms with Gasteiger partial charge in [-0.1, -0.05) is 12.1 Å². The second-order valence-corrected chi connectivity index (χ2v) is 6.27. The molecule has 0 spiro atoms. The molecule has 0 aliphatic carbocycles. The second-order valence-electron chi connectivity index (χ2n) is 6.27. The molecule has 1 aromatic heterocycles. The molecule has 1 unspecified atom stereocenters. The van der Waals surface area contributed by atoms with Crippen LogP contribution in [0.5, 0.6) is 0 Å². The van der Waals surface area contributed by atoms with Crippen LogP contribution in [0.3, 0.4) is 0 Å². The predicted molar refractivity (Wildman–Crippen MR) is 89.9 cm³/mol. The number of hydrogen-bond donors (Lipinski definition) is 0. The van der Waals surface area contributed by atoms with E-state index in [9.17, 15) is 0 Å². The summed E-state index contributed by atoms with van der Waals surface area (Å²) >= 11 is 0. The van der Waals surface area contributed by atoms with Gasteiger partial charge in [-0.3, -0.25) is 4.90 Å². The van der Waals surface area contributed by atoms with Crippen molar-refractivity contribution in [1.29, 1.82) is 0 Å². The molecule has 3 rings (SSSR count). The Hall–Kier alpha value is -1.69. The summed E-state index contributed by atoms with van der Waals surface area (Å²) in [7, 11) is 2.12. The molecule has 0 bridgehead atoms. The first-order valence-electron chi connectivity index (χ1n) is 8.12. The van der Waals surface area contributed by atoms with Gasteiger partial charge in [-0.2, -0.15) is 5.10 Å². The van der Waals surface area contributed by atoms with Gasteiger partial charge in [-0.25, -0.2) is 4.68 Å². The molecule has 0 N–H and O–H groups in total. The molecule has 0 amide bonds. The van der Waals surface area contributed by atoms with Crippen LogP contribution in [-0.2, 0) is 16.0 Å². The van der Waals surface area contributed by atoms with Crippen LogP contribution in [0.4, 0.5) is 0 Å². The number of likely N-dealkylation sites (N-methyl/N-ethyl adjacent to an activating group) is 1. The van der Waals surface area contributed by atoms with Gasteiger partial charge in [0.05, 0.1) is 37.3 Å². The highest BCUT2D eigenvalue weighted by molar-refractivity contribution is 5.37. The van der Waals surface area contributed by atoms with Gasteiger partial charge >= 0.3 is 0 Å². The Balaban J connectivity index is 1.66. The van der Waals surface area contributed by atoms with E-state index >= 15 is 0 Å². The zero-order chi connectivity index (χ0) is 16.2. The molecule has 5 nitrogen and oxygen atoms in total. The average molecular weight is 315 g/mol. The number of aromatic nitrogens is 2. The van der Waals surface area contributed by atoms with Crippen molar-refractivity contribution < 1.29 is 9.47 Å². The zero-order valence-electron chi connectivity index (χ0n) is 14.2. The van der Waals surface area contributed by atoms with Gasteiger partial charge in [0.1, 0.15) is 0 Å². The lowest BCUT2D eigenvalue weighted by atomic mass is 10.2. The minimum absolute atomic E-state index is 0.174. The van der Waals surface area contributed by atoms with Gasteiger partial charge < -0.3 is 9.47 Å². The Kier molecular flexibility index (Phi) is 5.10. The van der Waals surface area contributed by atoms with Crippen molar-refractivity contribution in [2.24, 2.45) is 0 Å². The van der Waals surface area contributed by atoms with E-state index in [0.717, 1.165) is 30.2 Å². The Morgan fingerprint density at radius 3 is 2.83 bits per heavy atom. The number of aryl methyl sites for hydroxylation is 2. The van der Waals surface area contributed by atoms with Gasteiger partial charge in [0.2, 0.25) is 0 Å². The maximum absolute atomic E-state index is 5.72. The van der Waals surface area contributed by atoms with Crippen molar-refractivity contribution in [3.8, 4) is 5.69 Å². The highest BCUT2D eigenvalue weighted by atomic mass is 16.6. The maximum atomic E-state index is 5.72. The first-order valence-corrected chi connectivity index (χ1v) is 8.12. The Labute approximate surface area is 137 Å². The van der Waals surface area contributed by atoms with Crippen molar-refractivity contribution in [3.63, 3.8) is 0 Å². The first-order chi connectivity index (χ1) is 11.1. The van der Waals surface area contributed by atoms with Crippen molar-refractivity contribution in [2.45, 2.75) is 26.5 Å². The largest absolute Gasteiger partial charge is 0.376 e. The van der Waals surface area contributed by atoms with E-state index in [2.05, 4.69) is 54.3 Å². The summed E-state index contributed by atoms with van der Waals surface area (Å²) in [6, 6.07) is 10.6. The zero-order valence-corrected chi connectivity index (χ0v) is 14.2. The van der Waals surface area contributed by atoms with Gasteiger partial charge in [0.15, 0.2) is 0 Å². The van der Waals surface area contributed by atoms with Crippen LogP contribution in [0.25, 0.3) is 5.69 Å². The highest BCUT2D eigenvalue weighted by Gasteiger charge is 2.16. The Morgan fingerprint density at radius 1 is 1.26 bits per heavy atom. The molecule has 2 heterocycles. The number of nitrogens with zero attached hydrogens (tertiary/aromatic N) is 3. The summed E-state index contributed by atoms with van der Waals surface area (Å²) < 4.78 is 13.2. The molecular weight excluding hydrogens is 290 g/mol. The summed E-state index contributed by atoms with van der Waals surface area (Å²) in [4.78, 5) is 2.28. The molecule has 0 radical (unpaired) electrons. The van der Waals surface area contributed by atoms with Gasteiger partial charge in [-0.05, 0) is 44.7 Å². The Morgan fingerprint density at radius 2 is 2.13 bits per heavy atom. The van der Waals surface area contributed by atoms with Gasteiger partial charge in [-0.15, -0.1) is 0 Å². The third-order valence-corrected chi connectivity index (χ3v) is 4.02. The van der Waals surface area contributed by atoms with Crippen LogP contribution in [0.1, 0.15) is 17.0 Å². The van der Waals surface area contributed by atoms with E-state index in [1.165, 1.54) is 5.56 Å². The third kappa shape index (κ3) is 4.19. The van der Waals surface area contributed by atoms with Crippen LogP contribution in [-0.4, -0.2) is 54.2 Å². The number of benzene rings is 1. The first kappa shape index (κ1) is 16.2.